The summed E-state index contributed by atoms with van der Waals surface area (Å²) in [5, 5.41) is 0. The summed E-state index contributed by atoms with van der Waals surface area (Å²) < 4.78 is 11.8. The van der Waals surface area contributed by atoms with E-state index < -0.39 is 0 Å². The van der Waals surface area contributed by atoms with Gasteiger partial charge in [-0.25, -0.2) is 0 Å². The molecule has 0 aromatic heterocycles. The van der Waals surface area contributed by atoms with Crippen LogP contribution in [0.15, 0.2) is 18.2 Å². The average molecular weight is 290 g/mol. The first-order valence-electron chi connectivity index (χ1n) is 8.59. The van der Waals surface area contributed by atoms with Gasteiger partial charge >= 0.3 is 0 Å². The maximum atomic E-state index is 6.43. The van der Waals surface area contributed by atoms with Crippen LogP contribution in [0.1, 0.15) is 70.8 Å². The highest BCUT2D eigenvalue weighted by Crippen LogP contribution is 2.42. The first-order valence-corrected chi connectivity index (χ1v) is 8.59. The SMILES string of the molecule is CCCCCC1(CCCCC)Cc2cc(OC)ccc2O1. The molecule has 2 heteroatoms. The Morgan fingerprint density at radius 2 is 1.71 bits per heavy atom. The number of hydrogen-bond acceptors (Lipinski definition) is 2. The van der Waals surface area contributed by atoms with E-state index in [-0.39, 0.29) is 5.60 Å². The molecule has 1 aliphatic rings. The molecule has 118 valence electrons. The van der Waals surface area contributed by atoms with Crippen LogP contribution in [-0.4, -0.2) is 12.7 Å². The molecule has 0 unspecified atom stereocenters. The number of rotatable bonds is 9. The Kier molecular flexibility index (Phi) is 5.96. The largest absolute Gasteiger partial charge is 0.497 e. The van der Waals surface area contributed by atoms with Gasteiger partial charge in [-0.1, -0.05) is 39.5 Å². The fourth-order valence-electron chi connectivity index (χ4n) is 3.34. The minimum absolute atomic E-state index is 0.0407. The second kappa shape index (κ2) is 7.72. The molecule has 0 radical (unpaired) electrons. The number of hydrogen-bond donors (Lipinski definition) is 0. The van der Waals surface area contributed by atoms with E-state index in [4.69, 9.17) is 9.47 Å². The van der Waals surface area contributed by atoms with Crippen molar-refractivity contribution in [2.45, 2.75) is 77.2 Å². The van der Waals surface area contributed by atoms with Gasteiger partial charge < -0.3 is 9.47 Å². The summed E-state index contributed by atoms with van der Waals surface area (Å²) in [6, 6.07) is 6.24. The Morgan fingerprint density at radius 3 is 2.29 bits per heavy atom. The summed E-state index contributed by atoms with van der Waals surface area (Å²) in [4.78, 5) is 0. The quantitative estimate of drug-likeness (QED) is 0.557. The molecule has 0 spiro atoms. The molecule has 21 heavy (non-hydrogen) atoms. The van der Waals surface area contributed by atoms with E-state index in [1.165, 1.54) is 56.9 Å². The first kappa shape index (κ1) is 16.2. The molecule has 1 aromatic rings. The molecular weight excluding hydrogens is 260 g/mol. The summed E-state index contributed by atoms with van der Waals surface area (Å²) in [5.41, 5.74) is 1.36. The Morgan fingerprint density at radius 1 is 1.05 bits per heavy atom. The second-order valence-electron chi connectivity index (χ2n) is 6.35. The van der Waals surface area contributed by atoms with Crippen LogP contribution in [0.25, 0.3) is 0 Å². The molecule has 2 rings (SSSR count). The Labute approximate surface area is 129 Å². The van der Waals surface area contributed by atoms with Crippen LogP contribution >= 0.6 is 0 Å². The summed E-state index contributed by atoms with van der Waals surface area (Å²) in [6.45, 7) is 4.53. The molecule has 2 nitrogen and oxygen atoms in total. The highest BCUT2D eigenvalue weighted by Gasteiger charge is 2.38. The minimum atomic E-state index is 0.0407. The molecule has 0 fully saturated rings. The van der Waals surface area contributed by atoms with Gasteiger partial charge in [0.1, 0.15) is 17.1 Å². The van der Waals surface area contributed by atoms with Crippen LogP contribution in [-0.2, 0) is 6.42 Å². The second-order valence-corrected chi connectivity index (χ2v) is 6.35. The molecule has 0 saturated carbocycles. The van der Waals surface area contributed by atoms with E-state index in [1.54, 1.807) is 7.11 Å². The fourth-order valence-corrected chi connectivity index (χ4v) is 3.34. The van der Waals surface area contributed by atoms with Crippen LogP contribution in [0, 0.1) is 0 Å². The number of benzene rings is 1. The lowest BCUT2D eigenvalue weighted by Crippen LogP contribution is -2.34. The third-order valence-corrected chi connectivity index (χ3v) is 4.58. The molecular formula is C19H30O2. The molecule has 1 aliphatic heterocycles. The summed E-state index contributed by atoms with van der Waals surface area (Å²) in [6.07, 6.45) is 11.1. The Hall–Kier alpha value is -1.18. The van der Waals surface area contributed by atoms with Crippen molar-refractivity contribution in [2.75, 3.05) is 7.11 Å². The summed E-state index contributed by atoms with van der Waals surface area (Å²) in [5.74, 6) is 2.01. The maximum absolute atomic E-state index is 6.43. The molecule has 0 saturated heterocycles. The van der Waals surface area contributed by atoms with Gasteiger partial charge in [0.05, 0.1) is 7.11 Å². The van der Waals surface area contributed by atoms with E-state index in [0.717, 1.165) is 17.9 Å². The van der Waals surface area contributed by atoms with Gasteiger partial charge in [0.2, 0.25) is 0 Å². The van der Waals surface area contributed by atoms with Gasteiger partial charge in [-0.3, -0.25) is 0 Å². The van der Waals surface area contributed by atoms with E-state index in [0.29, 0.717) is 0 Å². The van der Waals surface area contributed by atoms with Crippen LogP contribution in [0.2, 0.25) is 0 Å². The molecule has 0 aliphatic carbocycles. The lowest BCUT2D eigenvalue weighted by atomic mass is 9.86. The van der Waals surface area contributed by atoms with Gasteiger partial charge in [0.25, 0.3) is 0 Å². The smallest absolute Gasteiger partial charge is 0.123 e. The third-order valence-electron chi connectivity index (χ3n) is 4.58. The number of fused-ring (bicyclic) bond motifs is 1. The third kappa shape index (κ3) is 4.15. The predicted octanol–water partition coefficient (Wildman–Crippen LogP) is 5.53. The summed E-state index contributed by atoms with van der Waals surface area (Å²) >= 11 is 0. The van der Waals surface area contributed by atoms with Crippen molar-refractivity contribution in [1.82, 2.24) is 0 Å². The maximum Gasteiger partial charge on any atom is 0.123 e. The standard InChI is InChI=1S/C19H30O2/c1-4-6-8-12-19(13-9-7-5-2)15-16-14-17(20-3)10-11-18(16)21-19/h10-11,14H,4-9,12-13,15H2,1-3H3. The zero-order chi connectivity index (χ0) is 15.1. The van der Waals surface area contributed by atoms with Crippen LogP contribution in [0.3, 0.4) is 0 Å². The van der Waals surface area contributed by atoms with E-state index in [2.05, 4.69) is 26.0 Å². The molecule has 0 bridgehead atoms. The summed E-state index contributed by atoms with van der Waals surface area (Å²) in [7, 11) is 1.73. The van der Waals surface area contributed by atoms with Crippen LogP contribution < -0.4 is 9.47 Å². The molecule has 1 aromatic carbocycles. The van der Waals surface area contributed by atoms with Gasteiger partial charge in [0, 0.05) is 12.0 Å². The zero-order valence-electron chi connectivity index (χ0n) is 13.9. The van der Waals surface area contributed by atoms with Crippen molar-refractivity contribution in [3.8, 4) is 11.5 Å². The van der Waals surface area contributed by atoms with Crippen molar-refractivity contribution >= 4 is 0 Å². The molecule has 0 N–H and O–H groups in total. The lowest BCUT2D eigenvalue weighted by molar-refractivity contribution is 0.0687. The van der Waals surface area contributed by atoms with Gasteiger partial charge in [0.15, 0.2) is 0 Å². The number of unbranched alkanes of at least 4 members (excludes halogenated alkanes) is 4. The van der Waals surface area contributed by atoms with Crippen molar-refractivity contribution < 1.29 is 9.47 Å². The number of ether oxygens (including phenoxy) is 2. The van der Waals surface area contributed by atoms with Crippen molar-refractivity contribution in [1.29, 1.82) is 0 Å². The highest BCUT2D eigenvalue weighted by atomic mass is 16.5. The molecule has 0 atom stereocenters. The van der Waals surface area contributed by atoms with E-state index in [1.807, 2.05) is 6.07 Å². The first-order chi connectivity index (χ1) is 10.2. The highest BCUT2D eigenvalue weighted by molar-refractivity contribution is 5.44. The minimum Gasteiger partial charge on any atom is -0.497 e. The Balaban J connectivity index is 2.07. The number of methoxy groups -OCH3 is 1. The van der Waals surface area contributed by atoms with Gasteiger partial charge in [-0.2, -0.15) is 0 Å². The fraction of sp³-hybridized carbons (Fsp3) is 0.684. The van der Waals surface area contributed by atoms with E-state index in [9.17, 15) is 0 Å². The normalized spacial score (nSPS) is 15.6. The molecule has 0 amide bonds. The van der Waals surface area contributed by atoms with Gasteiger partial charge in [-0.15, -0.1) is 0 Å². The van der Waals surface area contributed by atoms with Gasteiger partial charge in [-0.05, 0) is 43.9 Å². The Bertz CT molecular complexity index is 429. The predicted molar refractivity (Wildman–Crippen MR) is 88.3 cm³/mol. The topological polar surface area (TPSA) is 18.5 Å². The average Bonchev–Trinajstić information content (AvgIpc) is 2.85. The van der Waals surface area contributed by atoms with Crippen molar-refractivity contribution in [3.63, 3.8) is 0 Å². The van der Waals surface area contributed by atoms with E-state index >= 15 is 0 Å². The van der Waals surface area contributed by atoms with Crippen molar-refractivity contribution in [2.24, 2.45) is 0 Å². The lowest BCUT2D eigenvalue weighted by Gasteiger charge is -2.29. The zero-order valence-corrected chi connectivity index (χ0v) is 13.9. The van der Waals surface area contributed by atoms with Crippen molar-refractivity contribution in [3.05, 3.63) is 23.8 Å². The van der Waals surface area contributed by atoms with Crippen LogP contribution in [0.4, 0.5) is 0 Å². The monoisotopic (exact) mass is 290 g/mol. The van der Waals surface area contributed by atoms with Crippen LogP contribution in [0.5, 0.6) is 11.5 Å². The molecule has 1 heterocycles.